The number of nitrogens with zero attached hydrogens (tertiary/aromatic N) is 3. The summed E-state index contributed by atoms with van der Waals surface area (Å²) in [5.41, 5.74) is -0.224. The first kappa shape index (κ1) is 15.5. The van der Waals surface area contributed by atoms with Gasteiger partial charge < -0.3 is 15.0 Å². The van der Waals surface area contributed by atoms with Gasteiger partial charge in [0.25, 0.3) is 0 Å². The molecular formula is C16H26N4O2. The highest BCUT2D eigenvalue weighted by atomic mass is 16.3. The lowest BCUT2D eigenvalue weighted by Crippen LogP contribution is -2.46. The van der Waals surface area contributed by atoms with E-state index in [1.54, 1.807) is 13.1 Å². The van der Waals surface area contributed by atoms with Crippen LogP contribution in [-0.4, -0.2) is 62.6 Å². The number of carbonyl (C=O) groups excluding carboxylic acids is 1. The number of nitrogens with one attached hydrogen (secondary N) is 1. The number of carbonyl (C=O) groups is 1. The fraction of sp³-hybridized carbons (Fsp3) is 0.750. The Labute approximate surface area is 131 Å². The lowest BCUT2D eigenvalue weighted by atomic mass is 9.74. The van der Waals surface area contributed by atoms with Crippen LogP contribution < -0.4 is 0 Å². The number of aromatic nitrogens is 2. The molecule has 6 nitrogen and oxygen atoms in total. The largest absolute Gasteiger partial charge is 0.394 e. The molecule has 2 N–H and O–H groups in total. The van der Waals surface area contributed by atoms with E-state index in [1.807, 2.05) is 18.0 Å². The molecule has 1 unspecified atom stereocenters. The SMILES string of the molecule is CC(=O)N1CC2(CCN(Cc3ncc[nH]3)CC2)CC1(C)CO. The Hall–Kier alpha value is -1.40. The van der Waals surface area contributed by atoms with Gasteiger partial charge in [-0.15, -0.1) is 0 Å². The van der Waals surface area contributed by atoms with Crippen molar-refractivity contribution < 1.29 is 9.90 Å². The standard InChI is InChI=1S/C16H26N4O2/c1-13(22)20-11-16(10-15(20,2)12-21)3-7-19(8-4-16)9-14-17-5-6-18-14/h5-6,21H,3-4,7-12H2,1-2H3,(H,17,18). The van der Waals surface area contributed by atoms with Gasteiger partial charge in [0.1, 0.15) is 5.82 Å². The van der Waals surface area contributed by atoms with E-state index in [0.29, 0.717) is 0 Å². The second-order valence-corrected chi connectivity index (χ2v) is 7.25. The van der Waals surface area contributed by atoms with Crippen LogP contribution in [0.2, 0.25) is 0 Å². The van der Waals surface area contributed by atoms with Crippen molar-refractivity contribution in [2.45, 2.75) is 45.2 Å². The quantitative estimate of drug-likeness (QED) is 0.874. The molecule has 22 heavy (non-hydrogen) atoms. The smallest absolute Gasteiger partial charge is 0.219 e. The molecule has 2 aliphatic heterocycles. The van der Waals surface area contributed by atoms with Crippen LogP contribution in [0, 0.1) is 5.41 Å². The lowest BCUT2D eigenvalue weighted by Gasteiger charge is -2.39. The third-order valence-electron chi connectivity index (χ3n) is 5.47. The monoisotopic (exact) mass is 306 g/mol. The van der Waals surface area contributed by atoms with Gasteiger partial charge in [-0.05, 0) is 44.7 Å². The minimum atomic E-state index is -0.394. The van der Waals surface area contributed by atoms with E-state index >= 15 is 0 Å². The van der Waals surface area contributed by atoms with Crippen LogP contribution >= 0.6 is 0 Å². The molecule has 1 atom stereocenters. The first-order chi connectivity index (χ1) is 10.5. The second-order valence-electron chi connectivity index (χ2n) is 7.25. The van der Waals surface area contributed by atoms with Crippen LogP contribution in [-0.2, 0) is 11.3 Å². The van der Waals surface area contributed by atoms with Gasteiger partial charge in [0.05, 0.1) is 18.7 Å². The number of hydrogen-bond acceptors (Lipinski definition) is 4. The molecule has 0 radical (unpaired) electrons. The van der Waals surface area contributed by atoms with Crippen LogP contribution in [0.4, 0.5) is 0 Å². The van der Waals surface area contributed by atoms with E-state index < -0.39 is 5.54 Å². The van der Waals surface area contributed by atoms with Crippen LogP contribution in [0.15, 0.2) is 12.4 Å². The van der Waals surface area contributed by atoms with Gasteiger partial charge in [-0.2, -0.15) is 0 Å². The molecule has 1 aromatic heterocycles. The number of hydrogen-bond donors (Lipinski definition) is 2. The van der Waals surface area contributed by atoms with Gasteiger partial charge >= 0.3 is 0 Å². The number of H-pyrrole nitrogens is 1. The average Bonchev–Trinajstić information content (AvgIpc) is 3.09. The molecule has 3 heterocycles. The van der Waals surface area contributed by atoms with E-state index in [9.17, 15) is 9.90 Å². The van der Waals surface area contributed by atoms with E-state index in [4.69, 9.17) is 0 Å². The lowest BCUT2D eigenvalue weighted by molar-refractivity contribution is -0.134. The summed E-state index contributed by atoms with van der Waals surface area (Å²) in [5, 5.41) is 9.77. The number of amides is 1. The first-order valence-electron chi connectivity index (χ1n) is 8.06. The first-order valence-corrected chi connectivity index (χ1v) is 8.06. The molecule has 0 bridgehead atoms. The van der Waals surface area contributed by atoms with E-state index in [-0.39, 0.29) is 17.9 Å². The van der Waals surface area contributed by atoms with E-state index in [2.05, 4.69) is 14.9 Å². The van der Waals surface area contributed by atoms with Crippen LogP contribution in [0.25, 0.3) is 0 Å². The third-order valence-corrected chi connectivity index (χ3v) is 5.47. The maximum Gasteiger partial charge on any atom is 0.219 e. The topological polar surface area (TPSA) is 72.5 Å². The van der Waals surface area contributed by atoms with Crippen molar-refractivity contribution >= 4 is 5.91 Å². The Morgan fingerprint density at radius 1 is 1.45 bits per heavy atom. The number of aliphatic hydroxyl groups is 1. The molecule has 1 amide bonds. The highest BCUT2D eigenvalue weighted by molar-refractivity contribution is 5.74. The second kappa shape index (κ2) is 5.66. The predicted molar refractivity (Wildman–Crippen MR) is 83.0 cm³/mol. The summed E-state index contributed by atoms with van der Waals surface area (Å²) in [6.45, 7) is 7.36. The number of imidazole rings is 1. The van der Waals surface area contributed by atoms with Crippen molar-refractivity contribution in [1.82, 2.24) is 19.8 Å². The van der Waals surface area contributed by atoms with Crippen molar-refractivity contribution in [2.75, 3.05) is 26.2 Å². The van der Waals surface area contributed by atoms with Crippen molar-refractivity contribution in [3.8, 4) is 0 Å². The van der Waals surface area contributed by atoms with Gasteiger partial charge in [0.15, 0.2) is 0 Å². The Balaban J connectivity index is 1.64. The van der Waals surface area contributed by atoms with Gasteiger partial charge in [0, 0.05) is 25.9 Å². The summed E-state index contributed by atoms with van der Waals surface area (Å²) in [4.78, 5) is 23.7. The van der Waals surface area contributed by atoms with Gasteiger partial charge in [-0.25, -0.2) is 4.98 Å². The summed E-state index contributed by atoms with van der Waals surface area (Å²) in [6.07, 6.45) is 6.70. The summed E-state index contributed by atoms with van der Waals surface area (Å²) in [7, 11) is 0. The Kier molecular flexibility index (Phi) is 3.99. The van der Waals surface area contributed by atoms with Crippen LogP contribution in [0.5, 0.6) is 0 Å². The zero-order chi connectivity index (χ0) is 15.8. The fourth-order valence-corrected chi connectivity index (χ4v) is 4.23. The molecule has 1 aromatic rings. The number of aromatic amines is 1. The van der Waals surface area contributed by atoms with Crippen molar-refractivity contribution in [3.05, 3.63) is 18.2 Å². The maximum atomic E-state index is 11.9. The normalized spacial score (nSPS) is 28.4. The molecular weight excluding hydrogens is 280 g/mol. The molecule has 2 saturated heterocycles. The van der Waals surface area contributed by atoms with Crippen LogP contribution in [0.3, 0.4) is 0 Å². The average molecular weight is 306 g/mol. The predicted octanol–water partition coefficient (Wildman–Crippen LogP) is 0.995. The molecule has 0 aromatic carbocycles. The maximum absolute atomic E-state index is 11.9. The van der Waals surface area contributed by atoms with Gasteiger partial charge in [-0.1, -0.05) is 0 Å². The molecule has 3 rings (SSSR count). The summed E-state index contributed by atoms with van der Waals surface area (Å²) in [6, 6.07) is 0. The molecule has 0 aliphatic carbocycles. The molecule has 2 fully saturated rings. The molecule has 122 valence electrons. The Morgan fingerprint density at radius 2 is 2.18 bits per heavy atom. The zero-order valence-corrected chi connectivity index (χ0v) is 13.5. The highest BCUT2D eigenvalue weighted by Gasteiger charge is 2.52. The van der Waals surface area contributed by atoms with Crippen molar-refractivity contribution in [3.63, 3.8) is 0 Å². The summed E-state index contributed by atoms with van der Waals surface area (Å²) in [5.74, 6) is 1.08. The number of rotatable bonds is 3. The van der Waals surface area contributed by atoms with Gasteiger partial charge in [-0.3, -0.25) is 9.69 Å². The third kappa shape index (κ3) is 2.77. The summed E-state index contributed by atoms with van der Waals surface area (Å²) < 4.78 is 0. The Morgan fingerprint density at radius 3 is 2.68 bits per heavy atom. The molecule has 2 aliphatic rings. The zero-order valence-electron chi connectivity index (χ0n) is 13.5. The van der Waals surface area contributed by atoms with Crippen LogP contribution in [0.1, 0.15) is 38.9 Å². The number of piperidine rings is 1. The van der Waals surface area contributed by atoms with Crippen molar-refractivity contribution in [2.24, 2.45) is 5.41 Å². The molecule has 6 heteroatoms. The minimum absolute atomic E-state index is 0.0461. The van der Waals surface area contributed by atoms with E-state index in [1.165, 1.54) is 0 Å². The Bertz CT molecular complexity index is 522. The number of likely N-dealkylation sites (tertiary alicyclic amines) is 2. The fourth-order valence-electron chi connectivity index (χ4n) is 4.23. The summed E-state index contributed by atoms with van der Waals surface area (Å²) >= 11 is 0. The molecule has 1 spiro atoms. The van der Waals surface area contributed by atoms with Crippen molar-refractivity contribution in [1.29, 1.82) is 0 Å². The number of aliphatic hydroxyl groups excluding tert-OH is 1. The highest BCUT2D eigenvalue weighted by Crippen LogP contribution is 2.48. The molecule has 0 saturated carbocycles. The van der Waals surface area contributed by atoms with Gasteiger partial charge in [0.2, 0.25) is 5.91 Å². The van der Waals surface area contributed by atoms with E-state index in [0.717, 1.165) is 51.3 Å². The minimum Gasteiger partial charge on any atom is -0.394 e.